The molecule has 4 saturated carbocycles. The Morgan fingerprint density at radius 3 is 2.10 bits per heavy atom. The molecule has 0 aromatic heterocycles. The number of amides is 1. The fraction of sp³-hybridized carbons (Fsp3) is 0.440. The van der Waals surface area contributed by atoms with Crippen LogP contribution in [0.3, 0.4) is 0 Å². The van der Waals surface area contributed by atoms with Crippen LogP contribution >= 0.6 is 11.9 Å². The summed E-state index contributed by atoms with van der Waals surface area (Å²) < 4.78 is 8.66. The van der Waals surface area contributed by atoms with Gasteiger partial charge in [0.1, 0.15) is 5.75 Å². The quantitative estimate of drug-likeness (QED) is 0.600. The summed E-state index contributed by atoms with van der Waals surface area (Å²) in [5.74, 6) is 2.26. The van der Waals surface area contributed by atoms with Gasteiger partial charge in [0.05, 0.1) is 12.7 Å². The van der Waals surface area contributed by atoms with Crippen LogP contribution in [0.25, 0.3) is 0 Å². The molecule has 0 atom stereocenters. The Morgan fingerprint density at radius 2 is 1.55 bits per heavy atom. The average molecular weight is 438 g/mol. The Bertz CT molecular complexity index is 981. The summed E-state index contributed by atoms with van der Waals surface area (Å²) in [7, 11) is 1.74. The molecule has 162 valence electrons. The van der Waals surface area contributed by atoms with Crippen molar-refractivity contribution in [1.82, 2.24) is 4.72 Å². The molecule has 4 aliphatic carbocycles. The Hall–Kier alpha value is -2.47. The van der Waals surface area contributed by atoms with E-state index < -0.39 is 5.97 Å². The molecule has 2 N–H and O–H groups in total. The zero-order valence-corrected chi connectivity index (χ0v) is 18.4. The minimum atomic E-state index is -1.00. The number of carboxylic acid groups (broad SMARTS) is 1. The minimum Gasteiger partial charge on any atom is -0.496 e. The summed E-state index contributed by atoms with van der Waals surface area (Å²) in [4.78, 5) is 24.5. The number of rotatable bonds is 6. The Kier molecular flexibility index (Phi) is 5.21. The Balaban J connectivity index is 1.34. The highest BCUT2D eigenvalue weighted by Gasteiger charge is 2.52. The summed E-state index contributed by atoms with van der Waals surface area (Å²) in [6, 6.07) is 12.2. The second kappa shape index (κ2) is 7.90. The van der Waals surface area contributed by atoms with E-state index in [-0.39, 0.29) is 16.9 Å². The molecular weight excluding hydrogens is 410 g/mol. The van der Waals surface area contributed by atoms with Gasteiger partial charge in [-0.15, -0.1) is 0 Å². The van der Waals surface area contributed by atoms with Crippen LogP contribution in [0.15, 0.2) is 47.4 Å². The van der Waals surface area contributed by atoms with Crippen LogP contribution in [0.5, 0.6) is 5.75 Å². The van der Waals surface area contributed by atoms with Crippen molar-refractivity contribution in [2.24, 2.45) is 17.8 Å². The van der Waals surface area contributed by atoms with E-state index in [0.717, 1.165) is 28.4 Å². The number of carbonyl (C=O) groups excluding carboxylic acids is 1. The number of benzene rings is 2. The highest BCUT2D eigenvalue weighted by Crippen LogP contribution is 2.62. The molecule has 0 aliphatic heterocycles. The number of carbonyl (C=O) groups is 2. The highest BCUT2D eigenvalue weighted by atomic mass is 32.2. The monoisotopic (exact) mass is 437 g/mol. The molecule has 0 saturated heterocycles. The molecule has 1 amide bonds. The van der Waals surface area contributed by atoms with Crippen molar-refractivity contribution >= 4 is 23.8 Å². The number of carboxylic acids is 1. The second-order valence-electron chi connectivity index (χ2n) is 9.48. The van der Waals surface area contributed by atoms with Crippen LogP contribution in [0.2, 0.25) is 0 Å². The zero-order valence-electron chi connectivity index (χ0n) is 17.6. The van der Waals surface area contributed by atoms with Gasteiger partial charge in [0.15, 0.2) is 0 Å². The van der Waals surface area contributed by atoms with E-state index in [1.807, 2.05) is 12.1 Å². The van der Waals surface area contributed by atoms with Gasteiger partial charge in [-0.05, 0) is 116 Å². The van der Waals surface area contributed by atoms with Gasteiger partial charge in [-0.2, -0.15) is 0 Å². The molecule has 0 unspecified atom stereocenters. The van der Waals surface area contributed by atoms with E-state index in [1.54, 1.807) is 7.11 Å². The lowest BCUT2D eigenvalue weighted by atomic mass is 9.48. The molecule has 31 heavy (non-hydrogen) atoms. The summed E-state index contributed by atoms with van der Waals surface area (Å²) in [6.07, 6.45) is 7.95. The van der Waals surface area contributed by atoms with Gasteiger partial charge in [-0.3, -0.25) is 9.52 Å². The molecule has 4 aliphatic rings. The van der Waals surface area contributed by atoms with Crippen LogP contribution < -0.4 is 9.46 Å². The first-order valence-corrected chi connectivity index (χ1v) is 11.8. The van der Waals surface area contributed by atoms with E-state index in [9.17, 15) is 9.59 Å². The Morgan fingerprint density at radius 1 is 0.968 bits per heavy atom. The van der Waals surface area contributed by atoms with Crippen LogP contribution in [-0.2, 0) is 5.41 Å². The van der Waals surface area contributed by atoms with Crippen LogP contribution in [0, 0.1) is 17.8 Å². The van der Waals surface area contributed by atoms with E-state index in [0.29, 0.717) is 5.56 Å². The third kappa shape index (κ3) is 3.82. The topological polar surface area (TPSA) is 75.6 Å². The normalized spacial score (nSPS) is 28.4. The highest BCUT2D eigenvalue weighted by molar-refractivity contribution is 7.98. The van der Waals surface area contributed by atoms with Crippen molar-refractivity contribution in [2.45, 2.75) is 48.8 Å². The van der Waals surface area contributed by atoms with Crippen molar-refractivity contribution in [1.29, 1.82) is 0 Å². The van der Waals surface area contributed by atoms with Crippen molar-refractivity contribution in [3.05, 3.63) is 59.2 Å². The van der Waals surface area contributed by atoms with Crippen LogP contribution in [0.1, 0.15) is 64.8 Å². The third-order valence-corrected chi connectivity index (χ3v) is 8.21. The summed E-state index contributed by atoms with van der Waals surface area (Å²) >= 11 is 1.30. The molecule has 4 fully saturated rings. The van der Waals surface area contributed by atoms with Crippen LogP contribution in [0.4, 0.5) is 0 Å². The van der Waals surface area contributed by atoms with Gasteiger partial charge in [-0.1, -0.05) is 0 Å². The maximum Gasteiger partial charge on any atom is 0.335 e. The number of nitrogens with one attached hydrogen (secondary N) is 1. The SMILES string of the molecule is COc1ccc(SNC(=O)c2ccc(C(=O)O)cc2)cc1C12CC3CC(CC(C3)C1)C2. The molecule has 0 radical (unpaired) electrons. The first-order chi connectivity index (χ1) is 15.0. The number of hydrogen-bond donors (Lipinski definition) is 2. The van der Waals surface area contributed by atoms with Gasteiger partial charge >= 0.3 is 5.97 Å². The predicted molar refractivity (Wildman–Crippen MR) is 120 cm³/mol. The lowest BCUT2D eigenvalue weighted by Gasteiger charge is -2.57. The predicted octanol–water partition coefficient (Wildman–Crippen LogP) is 5.30. The molecule has 6 heteroatoms. The van der Waals surface area contributed by atoms with E-state index >= 15 is 0 Å². The number of aromatic carboxylic acids is 1. The van der Waals surface area contributed by atoms with E-state index in [1.165, 1.54) is 80.3 Å². The minimum absolute atomic E-state index is 0.166. The molecule has 0 heterocycles. The molecular formula is C25H27NO4S. The number of hydrogen-bond acceptors (Lipinski definition) is 4. The first kappa shape index (κ1) is 20.4. The summed E-state index contributed by atoms with van der Waals surface area (Å²) in [5.41, 5.74) is 2.12. The molecule has 0 spiro atoms. The molecule has 2 aromatic carbocycles. The van der Waals surface area contributed by atoms with Crippen molar-refractivity contribution in [3.63, 3.8) is 0 Å². The van der Waals surface area contributed by atoms with Gasteiger partial charge in [-0.25, -0.2) is 4.79 Å². The molecule has 5 nitrogen and oxygen atoms in total. The van der Waals surface area contributed by atoms with E-state index in [4.69, 9.17) is 9.84 Å². The summed E-state index contributed by atoms with van der Waals surface area (Å²) in [5, 5.41) is 9.01. The lowest BCUT2D eigenvalue weighted by molar-refractivity contribution is -0.00625. The lowest BCUT2D eigenvalue weighted by Crippen LogP contribution is -2.48. The molecule has 4 bridgehead atoms. The second-order valence-corrected chi connectivity index (χ2v) is 10.4. The van der Waals surface area contributed by atoms with Crippen molar-refractivity contribution in [3.8, 4) is 5.75 Å². The maximum atomic E-state index is 12.5. The van der Waals surface area contributed by atoms with Crippen LogP contribution in [-0.4, -0.2) is 24.1 Å². The largest absolute Gasteiger partial charge is 0.496 e. The number of methoxy groups -OCH3 is 1. The van der Waals surface area contributed by atoms with Gasteiger partial charge in [0, 0.05) is 16.0 Å². The molecule has 6 rings (SSSR count). The van der Waals surface area contributed by atoms with Crippen molar-refractivity contribution < 1.29 is 19.4 Å². The fourth-order valence-electron chi connectivity index (χ4n) is 6.53. The van der Waals surface area contributed by atoms with Gasteiger partial charge in [0.25, 0.3) is 5.91 Å². The van der Waals surface area contributed by atoms with Crippen molar-refractivity contribution in [2.75, 3.05) is 7.11 Å². The first-order valence-electron chi connectivity index (χ1n) is 10.9. The standard InChI is InChI=1S/C25H27NO4S/c1-30-22-7-6-20(31-26-23(27)18-2-4-19(5-3-18)24(28)29)11-21(22)25-12-15-8-16(13-25)10-17(9-15)14-25/h2-7,11,15-17H,8-10,12-14H2,1H3,(H,26,27)(H,28,29). The van der Waals surface area contributed by atoms with E-state index in [2.05, 4.69) is 10.8 Å². The summed E-state index contributed by atoms with van der Waals surface area (Å²) in [6.45, 7) is 0. The maximum absolute atomic E-state index is 12.5. The zero-order chi connectivity index (χ0) is 21.6. The average Bonchev–Trinajstić information content (AvgIpc) is 2.76. The number of ether oxygens (including phenoxy) is 1. The molecule has 2 aromatic rings. The smallest absolute Gasteiger partial charge is 0.335 e. The Labute approximate surface area is 186 Å². The third-order valence-electron chi connectivity index (χ3n) is 7.44. The van der Waals surface area contributed by atoms with Gasteiger partial charge in [0.2, 0.25) is 0 Å². The fourth-order valence-corrected chi connectivity index (χ4v) is 7.18. The van der Waals surface area contributed by atoms with Gasteiger partial charge < -0.3 is 9.84 Å².